The topological polar surface area (TPSA) is 32.7 Å². The fourth-order valence-electron chi connectivity index (χ4n) is 2.84. The van der Waals surface area contributed by atoms with Crippen LogP contribution in [0.15, 0.2) is 18.2 Å². The van der Waals surface area contributed by atoms with E-state index < -0.39 is 0 Å². The number of halogens is 1. The molecule has 1 heterocycles. The van der Waals surface area contributed by atoms with Crippen LogP contribution in [0, 0.1) is 17.7 Å². The van der Waals surface area contributed by atoms with Crippen molar-refractivity contribution < 1.29 is 14.2 Å². The van der Waals surface area contributed by atoms with Gasteiger partial charge in [-0.25, -0.2) is 4.39 Å². The summed E-state index contributed by atoms with van der Waals surface area (Å²) in [5.74, 6) is 4.98. The average Bonchev–Trinajstić information content (AvgIpc) is 2.37. The van der Waals surface area contributed by atoms with Gasteiger partial charge < -0.3 is 9.84 Å². The van der Waals surface area contributed by atoms with E-state index in [4.69, 9.17) is 9.84 Å². The molecule has 1 unspecified atom stereocenters. The predicted octanol–water partition coefficient (Wildman–Crippen LogP) is 2.17. The minimum Gasteiger partial charge on any atom is -0.384 e. The molecule has 21 heavy (non-hydrogen) atoms. The highest BCUT2D eigenvalue weighted by molar-refractivity contribution is 5.37. The third kappa shape index (κ3) is 4.53. The molecule has 1 saturated heterocycles. The van der Waals surface area contributed by atoms with Crippen molar-refractivity contribution in [3.05, 3.63) is 35.1 Å². The summed E-state index contributed by atoms with van der Waals surface area (Å²) >= 11 is 0. The summed E-state index contributed by atoms with van der Waals surface area (Å²) in [5, 5.41) is 8.66. The molecule has 0 aliphatic carbocycles. The van der Waals surface area contributed by atoms with Crippen molar-refractivity contribution in [2.24, 2.45) is 0 Å². The Bertz CT molecular complexity index is 560. The molecule has 0 saturated carbocycles. The summed E-state index contributed by atoms with van der Waals surface area (Å²) in [6.07, 6.45) is 0.145. The van der Waals surface area contributed by atoms with Crippen LogP contribution in [0.2, 0.25) is 0 Å². The van der Waals surface area contributed by atoms with Crippen molar-refractivity contribution in [1.29, 1.82) is 0 Å². The van der Waals surface area contributed by atoms with Crippen LogP contribution >= 0.6 is 0 Å². The van der Waals surface area contributed by atoms with E-state index in [-0.39, 0.29) is 24.1 Å². The van der Waals surface area contributed by atoms with Gasteiger partial charge in [-0.15, -0.1) is 0 Å². The zero-order chi connectivity index (χ0) is 15.5. The first kappa shape index (κ1) is 16.0. The molecule has 1 atom stereocenters. The number of ether oxygens (including phenoxy) is 1. The molecule has 1 aliphatic heterocycles. The Morgan fingerprint density at radius 2 is 2.24 bits per heavy atom. The lowest BCUT2D eigenvalue weighted by molar-refractivity contribution is -0.130. The van der Waals surface area contributed by atoms with Gasteiger partial charge >= 0.3 is 0 Å². The molecule has 1 fully saturated rings. The summed E-state index contributed by atoms with van der Waals surface area (Å²) in [7, 11) is 0. The highest BCUT2D eigenvalue weighted by atomic mass is 19.1. The number of benzene rings is 1. The van der Waals surface area contributed by atoms with Crippen LogP contribution in [-0.2, 0) is 11.3 Å². The molecule has 2 rings (SSSR count). The number of rotatable bonds is 2. The number of hydrogen-bond donors (Lipinski definition) is 1. The van der Waals surface area contributed by atoms with Crippen LogP contribution in [-0.4, -0.2) is 41.4 Å². The van der Waals surface area contributed by atoms with Crippen LogP contribution in [0.5, 0.6) is 0 Å². The van der Waals surface area contributed by atoms with E-state index >= 15 is 0 Å². The van der Waals surface area contributed by atoms with Gasteiger partial charge in [-0.2, -0.15) is 0 Å². The van der Waals surface area contributed by atoms with Gasteiger partial charge in [-0.3, -0.25) is 4.90 Å². The molecule has 0 amide bonds. The third-order valence-electron chi connectivity index (χ3n) is 3.40. The van der Waals surface area contributed by atoms with E-state index in [0.29, 0.717) is 17.7 Å². The number of hydrogen-bond acceptors (Lipinski definition) is 3. The van der Waals surface area contributed by atoms with E-state index in [1.165, 1.54) is 6.07 Å². The zero-order valence-electron chi connectivity index (χ0n) is 12.8. The second-order valence-electron chi connectivity index (χ2n) is 6.12. The van der Waals surface area contributed by atoms with Gasteiger partial charge in [0.25, 0.3) is 0 Å². The molecule has 1 aliphatic rings. The van der Waals surface area contributed by atoms with Crippen molar-refractivity contribution in [3.63, 3.8) is 0 Å². The van der Waals surface area contributed by atoms with Crippen molar-refractivity contribution in [3.8, 4) is 11.8 Å². The number of aliphatic hydroxyl groups excluding tert-OH is 1. The normalized spacial score (nSPS) is 21.7. The van der Waals surface area contributed by atoms with E-state index in [1.807, 2.05) is 6.92 Å². The molecule has 0 spiro atoms. The lowest BCUT2D eigenvalue weighted by atomic mass is 10.0. The van der Waals surface area contributed by atoms with Gasteiger partial charge in [0.15, 0.2) is 0 Å². The SMILES string of the molecule is CC1CN(Cc2ccc(C#CCO)cc2F)CC(C)(C)O1. The molecule has 3 nitrogen and oxygen atoms in total. The Labute approximate surface area is 125 Å². The van der Waals surface area contributed by atoms with Crippen LogP contribution in [0.25, 0.3) is 0 Å². The fourth-order valence-corrected chi connectivity index (χ4v) is 2.84. The van der Waals surface area contributed by atoms with Gasteiger partial charge in [-0.05, 0) is 32.9 Å². The minimum atomic E-state index is -0.253. The van der Waals surface area contributed by atoms with Crippen molar-refractivity contribution in [2.45, 2.75) is 39.0 Å². The Morgan fingerprint density at radius 1 is 1.48 bits per heavy atom. The molecule has 0 bridgehead atoms. The summed E-state index contributed by atoms with van der Waals surface area (Å²) in [6.45, 7) is 8.08. The van der Waals surface area contributed by atoms with Crippen LogP contribution < -0.4 is 0 Å². The van der Waals surface area contributed by atoms with Gasteiger partial charge in [0, 0.05) is 30.8 Å². The summed E-state index contributed by atoms with van der Waals surface area (Å²) in [6, 6.07) is 4.98. The van der Waals surface area contributed by atoms with Crippen molar-refractivity contribution in [2.75, 3.05) is 19.7 Å². The van der Waals surface area contributed by atoms with Crippen molar-refractivity contribution >= 4 is 0 Å². The number of aliphatic hydroxyl groups is 1. The predicted molar refractivity (Wildman–Crippen MR) is 80.3 cm³/mol. The smallest absolute Gasteiger partial charge is 0.128 e. The first-order valence-electron chi connectivity index (χ1n) is 7.18. The fraction of sp³-hybridized carbons (Fsp3) is 0.529. The lowest BCUT2D eigenvalue weighted by Gasteiger charge is -2.41. The summed E-state index contributed by atoms with van der Waals surface area (Å²) in [4.78, 5) is 2.21. The van der Waals surface area contributed by atoms with E-state index in [2.05, 4.69) is 30.6 Å². The maximum Gasteiger partial charge on any atom is 0.128 e. The number of morpholine rings is 1. The largest absolute Gasteiger partial charge is 0.384 e. The van der Waals surface area contributed by atoms with Gasteiger partial charge in [0.2, 0.25) is 0 Å². The Morgan fingerprint density at radius 3 is 2.86 bits per heavy atom. The van der Waals surface area contributed by atoms with E-state index in [0.717, 1.165) is 13.1 Å². The molecular formula is C17H22FNO2. The summed E-state index contributed by atoms with van der Waals surface area (Å²) in [5.41, 5.74) is 1.04. The standard InChI is InChI=1S/C17H22FNO2/c1-13-10-19(12-17(2,3)21-13)11-15-7-6-14(5-4-8-20)9-16(15)18/h6-7,9,13,20H,8,10-12H2,1-3H3. The maximum atomic E-state index is 14.1. The van der Waals surface area contributed by atoms with Gasteiger partial charge in [-0.1, -0.05) is 17.9 Å². The molecule has 114 valence electrons. The molecular weight excluding hydrogens is 269 g/mol. The highest BCUT2D eigenvalue weighted by Crippen LogP contribution is 2.23. The monoisotopic (exact) mass is 291 g/mol. The Kier molecular flexibility index (Phi) is 5.00. The van der Waals surface area contributed by atoms with Crippen LogP contribution in [0.1, 0.15) is 31.9 Å². The molecule has 0 aromatic heterocycles. The van der Waals surface area contributed by atoms with Gasteiger partial charge in [0.05, 0.1) is 11.7 Å². The first-order chi connectivity index (χ1) is 9.89. The average molecular weight is 291 g/mol. The summed E-state index contributed by atoms with van der Waals surface area (Å²) < 4.78 is 20.0. The van der Waals surface area contributed by atoms with Crippen LogP contribution in [0.3, 0.4) is 0 Å². The Balaban J connectivity index is 2.09. The molecule has 0 radical (unpaired) electrons. The zero-order valence-corrected chi connectivity index (χ0v) is 12.8. The molecule has 1 N–H and O–H groups in total. The van der Waals surface area contributed by atoms with Crippen molar-refractivity contribution in [1.82, 2.24) is 4.90 Å². The Hall–Kier alpha value is -1.41. The molecule has 4 heteroatoms. The molecule has 1 aromatic rings. The lowest BCUT2D eigenvalue weighted by Crippen LogP contribution is -2.51. The second kappa shape index (κ2) is 6.57. The maximum absolute atomic E-state index is 14.1. The van der Waals surface area contributed by atoms with E-state index in [9.17, 15) is 4.39 Å². The van der Waals surface area contributed by atoms with E-state index in [1.54, 1.807) is 12.1 Å². The van der Waals surface area contributed by atoms with Gasteiger partial charge in [0.1, 0.15) is 12.4 Å². The third-order valence-corrected chi connectivity index (χ3v) is 3.40. The molecule has 1 aromatic carbocycles. The second-order valence-corrected chi connectivity index (χ2v) is 6.12. The number of nitrogens with zero attached hydrogens (tertiary/aromatic N) is 1. The van der Waals surface area contributed by atoms with Crippen LogP contribution in [0.4, 0.5) is 4.39 Å². The quantitative estimate of drug-likeness (QED) is 0.848. The minimum absolute atomic E-state index is 0.145. The first-order valence-corrected chi connectivity index (χ1v) is 7.18. The highest BCUT2D eigenvalue weighted by Gasteiger charge is 2.31.